The number of hydrogen-bond acceptors (Lipinski definition) is 3. The van der Waals surface area contributed by atoms with Crippen LogP contribution in [0.3, 0.4) is 0 Å². The third-order valence-corrected chi connectivity index (χ3v) is 4.43. The van der Waals surface area contributed by atoms with E-state index in [1.165, 1.54) is 18.2 Å². The van der Waals surface area contributed by atoms with E-state index in [1.807, 2.05) is 0 Å². The molecular formula is C21H15Cl2NO4. The normalized spacial score (nSPS) is 11.0. The molecule has 0 radical (unpaired) electrons. The molecule has 0 unspecified atom stereocenters. The minimum Gasteiger partial charge on any atom is -0.478 e. The molecule has 0 aliphatic carbocycles. The maximum atomic E-state index is 12.2. The number of carboxylic acids is 1. The first-order valence-corrected chi connectivity index (χ1v) is 8.97. The van der Waals surface area contributed by atoms with E-state index < -0.39 is 11.9 Å². The topological polar surface area (TPSA) is 79.5 Å². The summed E-state index contributed by atoms with van der Waals surface area (Å²) in [5, 5.41) is 12.8. The largest absolute Gasteiger partial charge is 0.478 e. The van der Waals surface area contributed by atoms with Gasteiger partial charge in [-0.25, -0.2) is 4.79 Å². The molecule has 0 saturated carbocycles. The smallest absolute Gasteiger partial charge is 0.336 e. The van der Waals surface area contributed by atoms with Crippen molar-refractivity contribution in [1.29, 1.82) is 0 Å². The van der Waals surface area contributed by atoms with Crippen LogP contribution in [0.2, 0.25) is 10.0 Å². The van der Waals surface area contributed by atoms with E-state index in [4.69, 9.17) is 32.7 Å². The van der Waals surface area contributed by atoms with Gasteiger partial charge in [0.2, 0.25) is 5.91 Å². The van der Waals surface area contributed by atoms with Gasteiger partial charge < -0.3 is 14.8 Å². The van der Waals surface area contributed by atoms with E-state index in [2.05, 4.69) is 5.32 Å². The zero-order chi connectivity index (χ0) is 20.3. The molecule has 3 aromatic rings. The molecule has 28 heavy (non-hydrogen) atoms. The van der Waals surface area contributed by atoms with E-state index in [1.54, 1.807) is 49.4 Å². The zero-order valence-corrected chi connectivity index (χ0v) is 16.2. The molecule has 0 saturated heterocycles. The molecule has 0 fully saturated rings. The van der Waals surface area contributed by atoms with Crippen molar-refractivity contribution in [3.8, 4) is 11.3 Å². The molecule has 0 aliphatic rings. The molecule has 3 rings (SSSR count). The van der Waals surface area contributed by atoms with Crippen LogP contribution in [0.5, 0.6) is 0 Å². The summed E-state index contributed by atoms with van der Waals surface area (Å²) in [6, 6.07) is 13.2. The number of halogens is 2. The Bertz CT molecular complexity index is 1070. The standard InChI is InChI=1S/C21H15Cl2NO4/c1-12-17(21(26)27)3-2-4-18(12)24-20(25)8-6-16-5-7-19(28-16)13-9-14(22)11-15(23)10-13/h2-11H,1H3,(H,24,25)(H,26,27)/b8-6+. The summed E-state index contributed by atoms with van der Waals surface area (Å²) in [7, 11) is 0. The van der Waals surface area contributed by atoms with Gasteiger partial charge in [-0.15, -0.1) is 0 Å². The first kappa shape index (κ1) is 19.7. The average Bonchev–Trinajstić information content (AvgIpc) is 3.10. The fraction of sp³-hybridized carbons (Fsp3) is 0.0476. The molecule has 0 aliphatic heterocycles. The fourth-order valence-corrected chi connectivity index (χ4v) is 3.15. The number of benzene rings is 2. The first-order chi connectivity index (χ1) is 13.3. The first-order valence-electron chi connectivity index (χ1n) is 8.22. The highest BCUT2D eigenvalue weighted by atomic mass is 35.5. The Morgan fingerprint density at radius 1 is 1.07 bits per heavy atom. The molecule has 1 heterocycles. The number of rotatable bonds is 5. The molecule has 2 aromatic carbocycles. The summed E-state index contributed by atoms with van der Waals surface area (Å²) >= 11 is 12.0. The molecule has 7 heteroatoms. The van der Waals surface area contributed by atoms with Crippen LogP contribution in [0.15, 0.2) is 59.0 Å². The summed E-state index contributed by atoms with van der Waals surface area (Å²) in [4.78, 5) is 23.3. The van der Waals surface area contributed by atoms with Gasteiger partial charge in [-0.1, -0.05) is 29.3 Å². The van der Waals surface area contributed by atoms with Crippen LogP contribution in [-0.2, 0) is 4.79 Å². The summed E-state index contributed by atoms with van der Waals surface area (Å²) in [6.45, 7) is 1.64. The Kier molecular flexibility index (Phi) is 5.87. The van der Waals surface area contributed by atoms with E-state index in [9.17, 15) is 9.59 Å². The second-order valence-electron chi connectivity index (χ2n) is 5.97. The molecule has 1 aromatic heterocycles. The third-order valence-electron chi connectivity index (χ3n) is 3.99. The lowest BCUT2D eigenvalue weighted by Crippen LogP contribution is -2.11. The highest BCUT2D eigenvalue weighted by Crippen LogP contribution is 2.29. The molecule has 0 atom stereocenters. The van der Waals surface area contributed by atoms with Crippen LogP contribution >= 0.6 is 23.2 Å². The molecule has 0 bridgehead atoms. The second kappa shape index (κ2) is 8.33. The monoisotopic (exact) mass is 415 g/mol. The van der Waals surface area contributed by atoms with Crippen LogP contribution in [-0.4, -0.2) is 17.0 Å². The third kappa shape index (κ3) is 4.63. The predicted molar refractivity (Wildman–Crippen MR) is 110 cm³/mol. The maximum Gasteiger partial charge on any atom is 0.336 e. The van der Waals surface area contributed by atoms with E-state index >= 15 is 0 Å². The lowest BCUT2D eigenvalue weighted by molar-refractivity contribution is -0.111. The summed E-state index contributed by atoms with van der Waals surface area (Å²) in [5.41, 5.74) is 1.78. The van der Waals surface area contributed by atoms with Crippen molar-refractivity contribution >= 4 is 46.8 Å². The van der Waals surface area contributed by atoms with E-state index in [0.29, 0.717) is 32.8 Å². The van der Waals surface area contributed by atoms with E-state index in [-0.39, 0.29) is 5.56 Å². The molecule has 142 valence electrons. The van der Waals surface area contributed by atoms with Crippen LogP contribution < -0.4 is 5.32 Å². The van der Waals surface area contributed by atoms with Gasteiger partial charge in [0.1, 0.15) is 11.5 Å². The summed E-state index contributed by atoms with van der Waals surface area (Å²) < 4.78 is 5.69. The Balaban J connectivity index is 1.73. The number of anilines is 1. The molecule has 2 N–H and O–H groups in total. The number of aromatic carboxylic acids is 1. The zero-order valence-electron chi connectivity index (χ0n) is 14.7. The lowest BCUT2D eigenvalue weighted by Gasteiger charge is -2.08. The average molecular weight is 416 g/mol. The lowest BCUT2D eigenvalue weighted by atomic mass is 10.1. The second-order valence-corrected chi connectivity index (χ2v) is 6.84. The van der Waals surface area contributed by atoms with Gasteiger partial charge in [0, 0.05) is 27.4 Å². The van der Waals surface area contributed by atoms with Crippen molar-refractivity contribution in [2.45, 2.75) is 6.92 Å². The summed E-state index contributed by atoms with van der Waals surface area (Å²) in [6.07, 6.45) is 2.82. The highest BCUT2D eigenvalue weighted by molar-refractivity contribution is 6.35. The Morgan fingerprint density at radius 2 is 1.79 bits per heavy atom. The van der Waals surface area contributed by atoms with Crippen molar-refractivity contribution in [3.05, 3.63) is 81.5 Å². The van der Waals surface area contributed by atoms with Gasteiger partial charge in [-0.2, -0.15) is 0 Å². The van der Waals surface area contributed by atoms with Crippen LogP contribution in [0.1, 0.15) is 21.7 Å². The van der Waals surface area contributed by atoms with Gasteiger partial charge in [0.15, 0.2) is 0 Å². The number of amides is 1. The van der Waals surface area contributed by atoms with Crippen molar-refractivity contribution in [1.82, 2.24) is 0 Å². The van der Waals surface area contributed by atoms with Crippen molar-refractivity contribution < 1.29 is 19.1 Å². The number of nitrogens with one attached hydrogen (secondary N) is 1. The minimum absolute atomic E-state index is 0.137. The summed E-state index contributed by atoms with van der Waals surface area (Å²) in [5.74, 6) is -0.422. The Morgan fingerprint density at radius 3 is 2.46 bits per heavy atom. The van der Waals surface area contributed by atoms with Crippen LogP contribution in [0, 0.1) is 6.92 Å². The van der Waals surface area contributed by atoms with Crippen molar-refractivity contribution in [2.75, 3.05) is 5.32 Å². The van der Waals surface area contributed by atoms with Gasteiger partial charge in [0.05, 0.1) is 5.56 Å². The number of carbonyl (C=O) groups excluding carboxylic acids is 1. The van der Waals surface area contributed by atoms with Crippen molar-refractivity contribution in [3.63, 3.8) is 0 Å². The number of hydrogen-bond donors (Lipinski definition) is 2. The molecule has 0 spiro atoms. The SMILES string of the molecule is Cc1c(NC(=O)/C=C/c2ccc(-c3cc(Cl)cc(Cl)c3)o2)cccc1C(=O)O. The number of carboxylic acid groups (broad SMARTS) is 1. The van der Waals surface area contributed by atoms with Gasteiger partial charge in [-0.05, 0) is 61.0 Å². The Hall–Kier alpha value is -3.02. The number of carbonyl (C=O) groups is 2. The van der Waals surface area contributed by atoms with Crippen molar-refractivity contribution in [2.24, 2.45) is 0 Å². The minimum atomic E-state index is -1.05. The predicted octanol–water partition coefficient (Wildman–Crippen LogP) is 5.91. The van der Waals surface area contributed by atoms with Gasteiger partial charge in [0.25, 0.3) is 0 Å². The van der Waals surface area contributed by atoms with E-state index in [0.717, 1.165) is 5.56 Å². The quantitative estimate of drug-likeness (QED) is 0.507. The highest BCUT2D eigenvalue weighted by Gasteiger charge is 2.11. The number of furan rings is 1. The van der Waals surface area contributed by atoms with Gasteiger partial charge >= 0.3 is 5.97 Å². The maximum absolute atomic E-state index is 12.2. The molecule has 5 nitrogen and oxygen atoms in total. The fourth-order valence-electron chi connectivity index (χ4n) is 2.63. The van der Waals surface area contributed by atoms with Gasteiger partial charge in [-0.3, -0.25) is 4.79 Å². The van der Waals surface area contributed by atoms with Crippen LogP contribution in [0.4, 0.5) is 5.69 Å². The molecular weight excluding hydrogens is 401 g/mol. The molecule has 1 amide bonds. The Labute approximate surface area is 171 Å². The van der Waals surface area contributed by atoms with Crippen LogP contribution in [0.25, 0.3) is 17.4 Å².